The highest BCUT2D eigenvalue weighted by Gasteiger charge is 2.48. The van der Waals surface area contributed by atoms with E-state index in [0.29, 0.717) is 26.1 Å². The molecule has 0 aliphatic carbocycles. The summed E-state index contributed by atoms with van der Waals surface area (Å²) in [5.41, 5.74) is -0.817. The topological polar surface area (TPSA) is 78.9 Å². The molecule has 2 atom stereocenters. The van der Waals surface area contributed by atoms with Crippen LogP contribution >= 0.6 is 0 Å². The lowest BCUT2D eigenvalue weighted by Crippen LogP contribution is -2.45. The number of rotatable bonds is 6. The summed E-state index contributed by atoms with van der Waals surface area (Å²) in [5, 5.41) is 12.2. The minimum absolute atomic E-state index is 0.000137. The van der Waals surface area contributed by atoms with Gasteiger partial charge in [-0.15, -0.1) is 0 Å². The van der Waals surface area contributed by atoms with Gasteiger partial charge < -0.3 is 20.1 Å². The predicted octanol–water partition coefficient (Wildman–Crippen LogP) is 1.55. The van der Waals surface area contributed by atoms with Crippen molar-refractivity contribution in [3.8, 4) is 0 Å². The molecule has 1 fully saturated rings. The molecule has 20 heavy (non-hydrogen) atoms. The number of carbonyl (C=O) groups is 2. The Hall–Kier alpha value is -1.30. The van der Waals surface area contributed by atoms with Crippen LogP contribution in [-0.4, -0.2) is 54.4 Å². The number of hydrogen-bond donors (Lipinski definition) is 2. The summed E-state index contributed by atoms with van der Waals surface area (Å²) in [6, 6.07) is -0.208. The van der Waals surface area contributed by atoms with Gasteiger partial charge in [0.25, 0.3) is 0 Å². The first kappa shape index (κ1) is 16.8. The zero-order chi connectivity index (χ0) is 15.3. The van der Waals surface area contributed by atoms with Gasteiger partial charge in [-0.2, -0.15) is 0 Å². The van der Waals surface area contributed by atoms with Gasteiger partial charge >= 0.3 is 12.0 Å². The molecule has 6 heteroatoms. The highest BCUT2D eigenvalue weighted by molar-refractivity contribution is 5.80. The lowest BCUT2D eigenvalue weighted by Gasteiger charge is -2.28. The summed E-state index contributed by atoms with van der Waals surface area (Å²) in [6.45, 7) is 9.39. The molecular weight excluding hydrogens is 260 g/mol. The summed E-state index contributed by atoms with van der Waals surface area (Å²) in [4.78, 5) is 25.1. The van der Waals surface area contributed by atoms with E-state index in [1.807, 2.05) is 27.7 Å². The van der Waals surface area contributed by atoms with Crippen LogP contribution in [0.25, 0.3) is 0 Å². The van der Waals surface area contributed by atoms with Crippen molar-refractivity contribution in [1.82, 2.24) is 10.2 Å². The summed E-state index contributed by atoms with van der Waals surface area (Å²) < 4.78 is 5.34. The third-order valence-electron chi connectivity index (χ3n) is 4.11. The molecule has 0 aromatic rings. The maximum absolute atomic E-state index is 12.1. The van der Waals surface area contributed by atoms with Gasteiger partial charge in [0, 0.05) is 26.2 Å². The number of carboxylic acid groups (broad SMARTS) is 1. The van der Waals surface area contributed by atoms with Crippen molar-refractivity contribution in [2.75, 3.05) is 26.2 Å². The number of likely N-dealkylation sites (tertiary alicyclic amines) is 1. The standard InChI is InChI=1S/C14H26N2O4/c1-5-20-11(4)8-15-13(19)16-7-6-14(9-16,10(2)3)12(17)18/h10-11H,5-9H2,1-4H3,(H,15,19)(H,17,18). The van der Waals surface area contributed by atoms with Crippen molar-refractivity contribution in [1.29, 1.82) is 0 Å². The Kier molecular flexibility index (Phi) is 5.80. The second-order valence-electron chi connectivity index (χ2n) is 5.74. The molecule has 0 saturated carbocycles. The lowest BCUT2D eigenvalue weighted by atomic mass is 9.76. The van der Waals surface area contributed by atoms with Crippen LogP contribution in [0, 0.1) is 11.3 Å². The largest absolute Gasteiger partial charge is 0.481 e. The van der Waals surface area contributed by atoms with Crippen molar-refractivity contribution in [3.63, 3.8) is 0 Å². The zero-order valence-electron chi connectivity index (χ0n) is 12.8. The highest BCUT2D eigenvalue weighted by Crippen LogP contribution is 2.38. The number of nitrogens with zero attached hydrogens (tertiary/aromatic N) is 1. The molecular formula is C14H26N2O4. The Morgan fingerprint density at radius 3 is 2.50 bits per heavy atom. The molecule has 2 unspecified atom stereocenters. The fourth-order valence-electron chi connectivity index (χ4n) is 2.59. The molecule has 2 amide bonds. The van der Waals surface area contributed by atoms with Gasteiger partial charge in [0.15, 0.2) is 0 Å². The second kappa shape index (κ2) is 6.92. The van der Waals surface area contributed by atoms with E-state index in [9.17, 15) is 14.7 Å². The Morgan fingerprint density at radius 2 is 2.05 bits per heavy atom. The van der Waals surface area contributed by atoms with Crippen molar-refractivity contribution >= 4 is 12.0 Å². The molecule has 6 nitrogen and oxygen atoms in total. The van der Waals surface area contributed by atoms with E-state index in [4.69, 9.17) is 4.74 Å². The fourth-order valence-corrected chi connectivity index (χ4v) is 2.59. The average Bonchev–Trinajstić information content (AvgIpc) is 2.82. The van der Waals surface area contributed by atoms with Crippen molar-refractivity contribution in [2.45, 2.75) is 40.2 Å². The van der Waals surface area contributed by atoms with Gasteiger partial charge in [0.05, 0.1) is 11.5 Å². The van der Waals surface area contributed by atoms with E-state index in [1.165, 1.54) is 0 Å². The summed E-state index contributed by atoms with van der Waals surface area (Å²) >= 11 is 0. The number of carboxylic acids is 1. The lowest BCUT2D eigenvalue weighted by molar-refractivity contribution is -0.150. The minimum atomic E-state index is -0.817. The molecule has 116 valence electrons. The number of ether oxygens (including phenoxy) is 1. The van der Waals surface area contributed by atoms with Gasteiger partial charge in [-0.05, 0) is 26.2 Å². The second-order valence-corrected chi connectivity index (χ2v) is 5.74. The van der Waals surface area contributed by atoms with E-state index < -0.39 is 11.4 Å². The molecule has 0 radical (unpaired) electrons. The van der Waals surface area contributed by atoms with Crippen LogP contribution in [0.1, 0.15) is 34.1 Å². The minimum Gasteiger partial charge on any atom is -0.481 e. The van der Waals surface area contributed by atoms with Crippen LogP contribution in [-0.2, 0) is 9.53 Å². The molecule has 0 bridgehead atoms. The molecule has 1 aliphatic heterocycles. The zero-order valence-corrected chi connectivity index (χ0v) is 12.8. The van der Waals surface area contributed by atoms with Gasteiger partial charge in [-0.1, -0.05) is 13.8 Å². The van der Waals surface area contributed by atoms with Gasteiger partial charge in [-0.3, -0.25) is 4.79 Å². The van der Waals surface area contributed by atoms with Crippen molar-refractivity contribution < 1.29 is 19.4 Å². The summed E-state index contributed by atoms with van der Waals surface area (Å²) in [7, 11) is 0. The van der Waals surface area contributed by atoms with Crippen LogP contribution in [0.3, 0.4) is 0 Å². The normalized spacial score (nSPS) is 23.9. The molecule has 0 aromatic heterocycles. The Labute approximate surface area is 120 Å². The quantitative estimate of drug-likeness (QED) is 0.776. The smallest absolute Gasteiger partial charge is 0.317 e. The number of hydrogen-bond acceptors (Lipinski definition) is 3. The predicted molar refractivity (Wildman–Crippen MR) is 75.6 cm³/mol. The maximum atomic E-state index is 12.1. The molecule has 1 aliphatic rings. The van der Waals surface area contributed by atoms with Crippen LogP contribution in [0.4, 0.5) is 4.79 Å². The number of nitrogens with one attached hydrogen (secondary N) is 1. The number of urea groups is 1. The fraction of sp³-hybridized carbons (Fsp3) is 0.857. The van der Waals surface area contributed by atoms with E-state index in [0.717, 1.165) is 0 Å². The molecule has 0 aromatic carbocycles. The monoisotopic (exact) mass is 286 g/mol. The SMILES string of the molecule is CCOC(C)CNC(=O)N1CCC(C(=O)O)(C(C)C)C1. The molecule has 1 heterocycles. The number of amides is 2. The van der Waals surface area contributed by atoms with Gasteiger partial charge in [0.2, 0.25) is 0 Å². The van der Waals surface area contributed by atoms with Gasteiger partial charge in [-0.25, -0.2) is 4.79 Å². The Bertz CT molecular complexity index is 359. The highest BCUT2D eigenvalue weighted by atomic mass is 16.5. The van der Waals surface area contributed by atoms with Gasteiger partial charge in [0.1, 0.15) is 0 Å². The first-order valence-corrected chi connectivity index (χ1v) is 7.21. The van der Waals surface area contributed by atoms with Crippen LogP contribution in [0.15, 0.2) is 0 Å². The van der Waals surface area contributed by atoms with E-state index in [-0.39, 0.29) is 24.6 Å². The third kappa shape index (κ3) is 3.62. The summed E-state index contributed by atoms with van der Waals surface area (Å²) in [5.74, 6) is -0.814. The number of carbonyl (C=O) groups excluding carboxylic acids is 1. The average molecular weight is 286 g/mol. The Morgan fingerprint density at radius 1 is 1.40 bits per heavy atom. The first-order chi connectivity index (χ1) is 9.33. The third-order valence-corrected chi connectivity index (χ3v) is 4.11. The molecule has 2 N–H and O–H groups in total. The van der Waals surface area contributed by atoms with Crippen molar-refractivity contribution in [2.24, 2.45) is 11.3 Å². The van der Waals surface area contributed by atoms with E-state index in [2.05, 4.69) is 5.32 Å². The van der Waals surface area contributed by atoms with E-state index in [1.54, 1.807) is 4.90 Å². The maximum Gasteiger partial charge on any atom is 0.317 e. The van der Waals surface area contributed by atoms with Crippen LogP contribution in [0.2, 0.25) is 0 Å². The summed E-state index contributed by atoms with van der Waals surface area (Å²) in [6.07, 6.45) is 0.468. The van der Waals surface area contributed by atoms with Crippen LogP contribution < -0.4 is 5.32 Å². The van der Waals surface area contributed by atoms with Crippen LogP contribution in [0.5, 0.6) is 0 Å². The molecule has 1 rings (SSSR count). The molecule has 0 spiro atoms. The van der Waals surface area contributed by atoms with E-state index >= 15 is 0 Å². The molecule has 1 saturated heterocycles. The number of aliphatic carboxylic acids is 1. The van der Waals surface area contributed by atoms with Crippen molar-refractivity contribution in [3.05, 3.63) is 0 Å². The first-order valence-electron chi connectivity index (χ1n) is 7.21. The Balaban J connectivity index is 2.54.